The maximum Gasteiger partial charge on any atom is 0.135 e. The quantitative estimate of drug-likeness (QED) is 0.152. The summed E-state index contributed by atoms with van der Waals surface area (Å²) in [6.07, 6.45) is 17.8. The van der Waals surface area contributed by atoms with Gasteiger partial charge in [-0.2, -0.15) is 0 Å². The van der Waals surface area contributed by atoms with Gasteiger partial charge >= 0.3 is 0 Å². The number of para-hydroxylation sites is 1. The van der Waals surface area contributed by atoms with Crippen molar-refractivity contribution < 1.29 is 9.15 Å². The number of aromatic nitrogens is 2. The number of hydrogen-bond donors (Lipinski definition) is 0. The Bertz CT molecular complexity index is 4880. The molecule has 0 saturated carbocycles. The molecule has 2 aliphatic heterocycles. The number of allylic oxidation sites excluding steroid dienone is 4. The standard InChI is InChI=1S/C76H49N3O2S/c1-2-14-53(15-3-1)79-69-30-24-46(38-60(69)61-41-49(25-31-70(61)79)54-16-4-6-18-56(54)67-21-10-12-36-77-67)47-26-32-71-62(39-47)65-43-51(29-35-74(65)80-71)59-44-52(45-66-58-20-8-9-23-75(58)82-76(59)66)48-27-33-72-63(40-48)64-42-50(28-34-73(64)81-72)55-17-5-7-19-57(55)68-22-11-13-37-78-68/h1-45,61,63,70,72H. The van der Waals surface area contributed by atoms with Crippen molar-refractivity contribution in [1.82, 2.24) is 9.97 Å². The Hall–Kier alpha value is -10.1. The number of thiophene rings is 1. The molecular weight excluding hydrogens is 1020 g/mol. The zero-order valence-electron chi connectivity index (χ0n) is 44.4. The lowest BCUT2D eigenvalue weighted by Gasteiger charge is -2.30. The van der Waals surface area contributed by atoms with Crippen LogP contribution >= 0.6 is 11.3 Å². The van der Waals surface area contributed by atoms with E-state index < -0.39 is 0 Å². The molecule has 4 aliphatic rings. The molecule has 9 aromatic carbocycles. The van der Waals surface area contributed by atoms with Gasteiger partial charge in [0.25, 0.3) is 0 Å². The topological polar surface area (TPSA) is 51.4 Å². The Morgan fingerprint density at radius 1 is 0.415 bits per heavy atom. The molecule has 0 radical (unpaired) electrons. The van der Waals surface area contributed by atoms with Gasteiger partial charge in [0.15, 0.2) is 0 Å². The number of nitrogens with zero attached hydrogens (tertiary/aromatic N) is 3. The van der Waals surface area contributed by atoms with Crippen molar-refractivity contribution >= 4 is 76.0 Å². The number of anilines is 2. The molecule has 5 nitrogen and oxygen atoms in total. The SMILES string of the molecule is C1=CC2Oc3ccc(-c4ccccc4-c4ccccn4)cc3C2C=C1c1cc(-c2ccc3oc4ccc(-c5ccc6c(c5)C5C=C(c7ccccc7-c7ccccn7)C=CC5N6c5ccccc5)cc4c3c2)c2sc3ccccc3c2c1. The highest BCUT2D eigenvalue weighted by atomic mass is 32.1. The molecule has 17 rings (SSSR count). The van der Waals surface area contributed by atoms with Crippen LogP contribution in [0.4, 0.5) is 11.4 Å². The van der Waals surface area contributed by atoms with Crippen LogP contribution in [0.25, 0.3) is 109 Å². The van der Waals surface area contributed by atoms with Gasteiger partial charge < -0.3 is 14.1 Å². The summed E-state index contributed by atoms with van der Waals surface area (Å²) in [4.78, 5) is 12.0. The summed E-state index contributed by atoms with van der Waals surface area (Å²) in [5, 5.41) is 4.73. The monoisotopic (exact) mass is 1070 g/mol. The second-order valence-corrected chi connectivity index (χ2v) is 22.9. The predicted molar refractivity (Wildman–Crippen MR) is 339 cm³/mol. The summed E-state index contributed by atoms with van der Waals surface area (Å²) in [6, 6.07) is 81.2. The van der Waals surface area contributed by atoms with E-state index in [4.69, 9.17) is 19.1 Å². The van der Waals surface area contributed by atoms with Crippen LogP contribution in [0, 0.1) is 0 Å². The van der Waals surface area contributed by atoms with Gasteiger partial charge in [0.1, 0.15) is 23.0 Å². The lowest BCUT2D eigenvalue weighted by molar-refractivity contribution is 0.269. The molecule has 2 aliphatic carbocycles. The van der Waals surface area contributed by atoms with Gasteiger partial charge in [0.05, 0.1) is 17.4 Å². The Balaban J connectivity index is 0.754. The maximum atomic E-state index is 6.67. The third-order valence-corrected chi connectivity index (χ3v) is 18.5. The molecular formula is C76H49N3O2S. The second kappa shape index (κ2) is 18.7. The van der Waals surface area contributed by atoms with Gasteiger partial charge in [0.2, 0.25) is 0 Å². The van der Waals surface area contributed by atoms with E-state index in [1.807, 2.05) is 41.9 Å². The minimum Gasteiger partial charge on any atom is -0.485 e. The smallest absolute Gasteiger partial charge is 0.135 e. The fraction of sp³-hybridized carbons (Fsp3) is 0.0526. The number of pyridine rings is 2. The van der Waals surface area contributed by atoms with E-state index >= 15 is 0 Å². The molecule has 6 heterocycles. The number of ether oxygens (including phenoxy) is 1. The van der Waals surface area contributed by atoms with Gasteiger partial charge in [-0.25, -0.2) is 0 Å². The zero-order valence-corrected chi connectivity index (χ0v) is 45.2. The van der Waals surface area contributed by atoms with Gasteiger partial charge in [-0.15, -0.1) is 11.3 Å². The second-order valence-electron chi connectivity index (χ2n) is 21.9. The highest BCUT2D eigenvalue weighted by Crippen LogP contribution is 2.52. The van der Waals surface area contributed by atoms with Crippen molar-refractivity contribution in [2.45, 2.75) is 24.0 Å². The average Bonchev–Trinajstić information content (AvgIpc) is 4.51. The fourth-order valence-electron chi connectivity index (χ4n) is 13.4. The van der Waals surface area contributed by atoms with Crippen LogP contribution < -0.4 is 9.64 Å². The first-order valence-electron chi connectivity index (χ1n) is 28.2. The summed E-state index contributed by atoms with van der Waals surface area (Å²) in [7, 11) is 0. The van der Waals surface area contributed by atoms with Crippen molar-refractivity contribution in [3.05, 3.63) is 296 Å². The number of furan rings is 1. The van der Waals surface area contributed by atoms with Crippen LogP contribution in [0.5, 0.6) is 5.75 Å². The van der Waals surface area contributed by atoms with Crippen LogP contribution in [0.3, 0.4) is 0 Å². The molecule has 13 aromatic rings. The van der Waals surface area contributed by atoms with Crippen LogP contribution in [-0.2, 0) is 0 Å². The van der Waals surface area contributed by atoms with Crippen molar-refractivity contribution in [1.29, 1.82) is 0 Å². The molecule has 0 saturated heterocycles. The average molecular weight is 1070 g/mol. The lowest BCUT2D eigenvalue weighted by Crippen LogP contribution is -2.28. The molecule has 0 spiro atoms. The normalized spacial score (nSPS) is 17.6. The van der Waals surface area contributed by atoms with E-state index in [2.05, 4.69) is 248 Å². The summed E-state index contributed by atoms with van der Waals surface area (Å²) in [5.74, 6) is 1.12. The van der Waals surface area contributed by atoms with E-state index in [-0.39, 0.29) is 24.0 Å². The van der Waals surface area contributed by atoms with E-state index in [0.717, 1.165) is 72.5 Å². The molecule has 0 fully saturated rings. The first kappa shape index (κ1) is 46.7. The van der Waals surface area contributed by atoms with E-state index in [1.54, 1.807) is 0 Å². The highest BCUT2D eigenvalue weighted by molar-refractivity contribution is 7.26. The molecule has 4 unspecified atom stereocenters. The molecule has 0 N–H and O–H groups in total. The third kappa shape index (κ3) is 7.59. The van der Waals surface area contributed by atoms with Gasteiger partial charge in [-0.3, -0.25) is 9.97 Å². The Morgan fingerprint density at radius 3 is 1.82 bits per heavy atom. The zero-order chi connectivity index (χ0) is 53.8. The Morgan fingerprint density at radius 2 is 1.02 bits per heavy atom. The van der Waals surface area contributed by atoms with Crippen molar-refractivity contribution in [3.63, 3.8) is 0 Å². The van der Waals surface area contributed by atoms with Crippen LogP contribution in [0.15, 0.2) is 278 Å². The number of benzene rings is 9. The van der Waals surface area contributed by atoms with E-state index in [1.165, 1.54) is 76.1 Å². The highest BCUT2D eigenvalue weighted by Gasteiger charge is 2.39. The number of rotatable bonds is 8. The minimum absolute atomic E-state index is 0.0571. The fourth-order valence-corrected chi connectivity index (χ4v) is 14.6. The molecule has 82 heavy (non-hydrogen) atoms. The summed E-state index contributed by atoms with van der Waals surface area (Å²) in [5.41, 5.74) is 22.6. The molecule has 4 atom stereocenters. The molecule has 386 valence electrons. The summed E-state index contributed by atoms with van der Waals surface area (Å²) < 4.78 is 15.9. The molecule has 0 amide bonds. The van der Waals surface area contributed by atoms with Crippen LogP contribution in [-0.4, -0.2) is 22.1 Å². The van der Waals surface area contributed by atoms with E-state index in [0.29, 0.717) is 0 Å². The van der Waals surface area contributed by atoms with E-state index in [9.17, 15) is 0 Å². The lowest BCUT2D eigenvalue weighted by atomic mass is 9.84. The predicted octanol–water partition coefficient (Wildman–Crippen LogP) is 19.8. The summed E-state index contributed by atoms with van der Waals surface area (Å²) in [6.45, 7) is 0. The molecule has 4 aromatic heterocycles. The first-order valence-corrected chi connectivity index (χ1v) is 29.0. The van der Waals surface area contributed by atoms with Gasteiger partial charge in [-0.1, -0.05) is 152 Å². The van der Waals surface area contributed by atoms with Crippen molar-refractivity contribution in [2.75, 3.05) is 4.90 Å². The van der Waals surface area contributed by atoms with Gasteiger partial charge in [0, 0.05) is 88.8 Å². The summed E-state index contributed by atoms with van der Waals surface area (Å²) >= 11 is 1.87. The first-order chi connectivity index (χ1) is 40.6. The molecule has 6 heteroatoms. The molecule has 0 bridgehead atoms. The third-order valence-electron chi connectivity index (χ3n) is 17.3. The minimum atomic E-state index is -0.0787. The van der Waals surface area contributed by atoms with Crippen molar-refractivity contribution in [2.24, 2.45) is 0 Å². The van der Waals surface area contributed by atoms with Crippen LogP contribution in [0.2, 0.25) is 0 Å². The van der Waals surface area contributed by atoms with Crippen LogP contribution in [0.1, 0.15) is 34.1 Å². The maximum absolute atomic E-state index is 6.67. The largest absolute Gasteiger partial charge is 0.485 e. The van der Waals surface area contributed by atoms with Gasteiger partial charge in [-0.05, 0) is 165 Å². The number of fused-ring (bicyclic) bond motifs is 12. The van der Waals surface area contributed by atoms with Crippen molar-refractivity contribution in [3.8, 4) is 61.6 Å². The Labute approximate surface area is 478 Å². The Kier molecular flexibility index (Phi) is 10.7. The number of hydrogen-bond acceptors (Lipinski definition) is 6.